The molecule has 0 heterocycles. The third kappa shape index (κ3) is 8.18. The summed E-state index contributed by atoms with van der Waals surface area (Å²) >= 11 is 3.33. The topological polar surface area (TPSA) is 20.2 Å². The summed E-state index contributed by atoms with van der Waals surface area (Å²) in [6.45, 7) is 2.33. The van der Waals surface area contributed by atoms with Crippen molar-refractivity contribution in [3.63, 3.8) is 0 Å². The first-order chi connectivity index (χ1) is 4.27. The van der Waals surface area contributed by atoms with Gasteiger partial charge in [-0.25, -0.2) is 0 Å². The highest BCUT2D eigenvalue weighted by molar-refractivity contribution is 9.11. The SMILES string of the molecule is C/C(Br)=C/CCCCO. The Labute approximate surface area is 64.9 Å². The smallest absolute Gasteiger partial charge is 0.0431 e. The van der Waals surface area contributed by atoms with Gasteiger partial charge in [-0.3, -0.25) is 0 Å². The van der Waals surface area contributed by atoms with Crippen LogP contribution in [0, 0.1) is 0 Å². The Morgan fingerprint density at radius 1 is 1.56 bits per heavy atom. The maximum absolute atomic E-state index is 8.40. The second-order valence-corrected chi connectivity index (χ2v) is 3.26. The highest BCUT2D eigenvalue weighted by atomic mass is 79.9. The zero-order valence-electron chi connectivity index (χ0n) is 5.73. The lowest BCUT2D eigenvalue weighted by Crippen LogP contribution is -1.80. The number of aliphatic hydroxyl groups is 1. The van der Waals surface area contributed by atoms with Gasteiger partial charge in [0.2, 0.25) is 0 Å². The Morgan fingerprint density at radius 2 is 2.22 bits per heavy atom. The maximum atomic E-state index is 8.40. The fourth-order valence-corrected chi connectivity index (χ4v) is 0.786. The van der Waals surface area contributed by atoms with Gasteiger partial charge in [-0.15, -0.1) is 0 Å². The van der Waals surface area contributed by atoms with Gasteiger partial charge < -0.3 is 5.11 Å². The molecule has 0 fully saturated rings. The summed E-state index contributed by atoms with van der Waals surface area (Å²) in [6, 6.07) is 0. The van der Waals surface area contributed by atoms with Crippen LogP contribution < -0.4 is 0 Å². The average Bonchev–Trinajstić information content (AvgIpc) is 1.80. The molecule has 1 nitrogen and oxygen atoms in total. The minimum atomic E-state index is 0.315. The zero-order valence-corrected chi connectivity index (χ0v) is 7.32. The van der Waals surface area contributed by atoms with Crippen LogP contribution in [0.15, 0.2) is 10.6 Å². The number of aliphatic hydroxyl groups excluding tert-OH is 1. The summed E-state index contributed by atoms with van der Waals surface area (Å²) in [4.78, 5) is 0. The molecular formula is C7H13BrO. The van der Waals surface area contributed by atoms with E-state index in [9.17, 15) is 0 Å². The van der Waals surface area contributed by atoms with E-state index in [1.54, 1.807) is 0 Å². The molecule has 0 bridgehead atoms. The molecule has 0 rings (SSSR count). The summed E-state index contributed by atoms with van der Waals surface area (Å²) in [6.07, 6.45) is 5.18. The van der Waals surface area contributed by atoms with Crippen LogP contribution in [0.4, 0.5) is 0 Å². The van der Waals surface area contributed by atoms with Crippen LogP contribution in [0.1, 0.15) is 26.2 Å². The van der Waals surface area contributed by atoms with Gasteiger partial charge in [0.25, 0.3) is 0 Å². The van der Waals surface area contributed by atoms with E-state index in [-0.39, 0.29) is 0 Å². The average molecular weight is 193 g/mol. The molecule has 9 heavy (non-hydrogen) atoms. The Balaban J connectivity index is 3.00. The van der Waals surface area contributed by atoms with Gasteiger partial charge >= 0.3 is 0 Å². The number of rotatable bonds is 4. The van der Waals surface area contributed by atoms with Gasteiger partial charge in [-0.1, -0.05) is 22.0 Å². The minimum Gasteiger partial charge on any atom is -0.396 e. The van der Waals surface area contributed by atoms with Gasteiger partial charge in [0.15, 0.2) is 0 Å². The van der Waals surface area contributed by atoms with E-state index >= 15 is 0 Å². The lowest BCUT2D eigenvalue weighted by atomic mass is 10.2. The van der Waals surface area contributed by atoms with Gasteiger partial charge in [0.1, 0.15) is 0 Å². The molecule has 2 heteroatoms. The molecule has 0 aliphatic heterocycles. The predicted molar refractivity (Wildman–Crippen MR) is 43.6 cm³/mol. The Kier molecular flexibility index (Phi) is 6.43. The van der Waals surface area contributed by atoms with E-state index in [0.29, 0.717) is 6.61 Å². The molecule has 0 radical (unpaired) electrons. The molecule has 0 saturated heterocycles. The highest BCUT2D eigenvalue weighted by Gasteiger charge is 1.83. The van der Waals surface area contributed by atoms with Gasteiger partial charge in [-0.05, 0) is 30.7 Å². The number of allylic oxidation sites excluding steroid dienone is 2. The van der Waals surface area contributed by atoms with E-state index in [0.717, 1.165) is 19.3 Å². The van der Waals surface area contributed by atoms with Crippen molar-refractivity contribution >= 4 is 15.9 Å². The van der Waals surface area contributed by atoms with Crippen molar-refractivity contribution in [2.75, 3.05) is 6.61 Å². The highest BCUT2D eigenvalue weighted by Crippen LogP contribution is 2.05. The summed E-state index contributed by atoms with van der Waals surface area (Å²) in [5, 5.41) is 8.40. The second-order valence-electron chi connectivity index (χ2n) is 2.01. The van der Waals surface area contributed by atoms with E-state index in [2.05, 4.69) is 22.0 Å². The van der Waals surface area contributed by atoms with E-state index in [1.807, 2.05) is 6.92 Å². The van der Waals surface area contributed by atoms with Gasteiger partial charge in [0, 0.05) is 6.61 Å². The first kappa shape index (κ1) is 9.18. The second kappa shape index (κ2) is 6.30. The van der Waals surface area contributed by atoms with Crippen LogP contribution in [-0.4, -0.2) is 11.7 Å². The van der Waals surface area contributed by atoms with Crippen LogP contribution in [0.5, 0.6) is 0 Å². The van der Waals surface area contributed by atoms with Crippen LogP contribution >= 0.6 is 15.9 Å². The van der Waals surface area contributed by atoms with Crippen molar-refractivity contribution in [3.8, 4) is 0 Å². The number of halogens is 1. The Hall–Kier alpha value is 0.180. The molecule has 54 valence electrons. The third-order valence-electron chi connectivity index (χ3n) is 1.04. The Bertz CT molecular complexity index is 84.9. The first-order valence-corrected chi connectivity index (χ1v) is 4.00. The third-order valence-corrected chi connectivity index (χ3v) is 1.36. The molecule has 0 atom stereocenters. The molecule has 0 aromatic heterocycles. The van der Waals surface area contributed by atoms with Crippen molar-refractivity contribution < 1.29 is 5.11 Å². The number of hydrogen-bond donors (Lipinski definition) is 1. The van der Waals surface area contributed by atoms with Crippen LogP contribution in [-0.2, 0) is 0 Å². The summed E-state index contributed by atoms with van der Waals surface area (Å²) in [5.74, 6) is 0. The number of hydrogen-bond acceptors (Lipinski definition) is 1. The summed E-state index contributed by atoms with van der Waals surface area (Å²) < 4.78 is 1.18. The fraction of sp³-hybridized carbons (Fsp3) is 0.714. The van der Waals surface area contributed by atoms with Crippen molar-refractivity contribution in [2.45, 2.75) is 26.2 Å². The maximum Gasteiger partial charge on any atom is 0.0431 e. The predicted octanol–water partition coefficient (Wildman–Crippen LogP) is 2.45. The molecule has 0 spiro atoms. The normalized spacial score (nSPS) is 12.1. The molecular weight excluding hydrogens is 180 g/mol. The molecule has 0 aromatic carbocycles. The van der Waals surface area contributed by atoms with Crippen molar-refractivity contribution in [3.05, 3.63) is 10.6 Å². The minimum absolute atomic E-state index is 0.315. The molecule has 1 N–H and O–H groups in total. The first-order valence-electron chi connectivity index (χ1n) is 3.20. The van der Waals surface area contributed by atoms with Gasteiger partial charge in [-0.2, -0.15) is 0 Å². The fourth-order valence-electron chi connectivity index (χ4n) is 0.557. The van der Waals surface area contributed by atoms with Crippen LogP contribution in [0.3, 0.4) is 0 Å². The van der Waals surface area contributed by atoms with Crippen molar-refractivity contribution in [1.29, 1.82) is 0 Å². The monoisotopic (exact) mass is 192 g/mol. The van der Waals surface area contributed by atoms with E-state index < -0.39 is 0 Å². The molecule has 0 aliphatic rings. The lowest BCUT2D eigenvalue weighted by Gasteiger charge is -1.91. The molecule has 0 unspecified atom stereocenters. The quantitative estimate of drug-likeness (QED) is 0.680. The zero-order chi connectivity index (χ0) is 7.11. The van der Waals surface area contributed by atoms with Crippen molar-refractivity contribution in [2.24, 2.45) is 0 Å². The standard InChI is InChI=1S/C7H13BrO/c1-7(8)5-3-2-4-6-9/h5,9H,2-4,6H2,1H3/b7-5-. The lowest BCUT2D eigenvalue weighted by molar-refractivity contribution is 0.285. The van der Waals surface area contributed by atoms with Crippen LogP contribution in [0.25, 0.3) is 0 Å². The largest absolute Gasteiger partial charge is 0.396 e. The summed E-state index contributed by atoms with van der Waals surface area (Å²) in [7, 11) is 0. The van der Waals surface area contributed by atoms with Gasteiger partial charge in [0.05, 0.1) is 0 Å². The van der Waals surface area contributed by atoms with Crippen molar-refractivity contribution in [1.82, 2.24) is 0 Å². The molecule has 0 aromatic rings. The van der Waals surface area contributed by atoms with E-state index in [4.69, 9.17) is 5.11 Å². The van der Waals surface area contributed by atoms with E-state index in [1.165, 1.54) is 4.48 Å². The molecule has 0 aliphatic carbocycles. The number of unbranched alkanes of at least 4 members (excludes halogenated alkanes) is 2. The molecule has 0 saturated carbocycles. The van der Waals surface area contributed by atoms with Crippen LogP contribution in [0.2, 0.25) is 0 Å². The summed E-state index contributed by atoms with van der Waals surface area (Å²) in [5.41, 5.74) is 0. The Morgan fingerprint density at radius 3 is 2.67 bits per heavy atom. The molecule has 0 amide bonds.